The first-order valence-electron chi connectivity index (χ1n) is 4.33. The molecule has 4 heteroatoms. The zero-order chi connectivity index (χ0) is 8.23. The molecule has 2 aliphatic heterocycles. The van der Waals surface area contributed by atoms with Gasteiger partial charge >= 0.3 is 13.5 Å². The largest absolute Gasteiger partial charge is 0.353 e. The van der Waals surface area contributed by atoms with Crippen molar-refractivity contribution in [2.75, 3.05) is 0 Å². The van der Waals surface area contributed by atoms with Crippen LogP contribution in [0.1, 0.15) is 12.8 Å². The van der Waals surface area contributed by atoms with E-state index in [-0.39, 0.29) is 13.5 Å². The molecule has 0 aromatic carbocycles. The maximum absolute atomic E-state index is 4.38. The summed E-state index contributed by atoms with van der Waals surface area (Å²) in [5.41, 5.74) is 0. The summed E-state index contributed by atoms with van der Waals surface area (Å²) in [5, 5.41) is 0. The van der Waals surface area contributed by atoms with Gasteiger partial charge in [-0.15, -0.1) is 0 Å². The average molecular weight is 156 g/mol. The minimum atomic E-state index is 0.242. The summed E-state index contributed by atoms with van der Waals surface area (Å²) >= 11 is 0. The molecule has 2 aliphatic rings. The molecule has 0 bridgehead atoms. The van der Waals surface area contributed by atoms with Gasteiger partial charge in [0.05, 0.1) is 0 Å². The van der Waals surface area contributed by atoms with Crippen molar-refractivity contribution >= 4 is 25.9 Å². The molecule has 0 saturated carbocycles. The zero-order valence-corrected chi connectivity index (χ0v) is 6.93. The molecule has 0 unspecified atom stereocenters. The molecule has 0 aromatic rings. The van der Waals surface area contributed by atoms with E-state index >= 15 is 0 Å². The molecule has 2 nitrogen and oxygen atoms in total. The molecule has 0 amide bonds. The summed E-state index contributed by atoms with van der Waals surface area (Å²) in [6.07, 6.45) is 10.2. The molecule has 2 heterocycles. The maximum Gasteiger partial charge on any atom is 0.303 e. The summed E-state index contributed by atoms with van der Waals surface area (Å²) in [5.74, 6) is 4.27. The lowest BCUT2D eigenvalue weighted by Gasteiger charge is -2.11. The SMILES string of the molecule is C1=CB(B2C=CCC=N2)N=CC1. The van der Waals surface area contributed by atoms with Gasteiger partial charge in [0, 0.05) is 0 Å². The maximum atomic E-state index is 4.38. The van der Waals surface area contributed by atoms with Gasteiger partial charge in [-0.05, 0) is 25.3 Å². The van der Waals surface area contributed by atoms with Crippen LogP contribution in [0, 0.1) is 0 Å². The Bertz CT molecular complexity index is 216. The van der Waals surface area contributed by atoms with E-state index in [1.54, 1.807) is 0 Å². The van der Waals surface area contributed by atoms with Crippen molar-refractivity contribution in [2.24, 2.45) is 9.81 Å². The van der Waals surface area contributed by atoms with Crippen molar-refractivity contribution in [1.29, 1.82) is 0 Å². The fourth-order valence-corrected chi connectivity index (χ4v) is 1.43. The molecule has 0 spiro atoms. The van der Waals surface area contributed by atoms with Gasteiger partial charge in [0.15, 0.2) is 0 Å². The Balaban J connectivity index is 2.07. The topological polar surface area (TPSA) is 24.7 Å². The molecular formula is C8H10B2N2. The first kappa shape index (κ1) is 7.59. The monoisotopic (exact) mass is 156 g/mol. The molecule has 12 heavy (non-hydrogen) atoms. The Labute approximate surface area is 73.4 Å². The first-order valence-corrected chi connectivity index (χ1v) is 4.33. The molecule has 58 valence electrons. The van der Waals surface area contributed by atoms with Crippen LogP contribution >= 0.6 is 0 Å². The van der Waals surface area contributed by atoms with Crippen LogP contribution in [0.25, 0.3) is 0 Å². The lowest BCUT2D eigenvalue weighted by atomic mass is 9.21. The summed E-state index contributed by atoms with van der Waals surface area (Å²) in [6, 6.07) is 0. The van der Waals surface area contributed by atoms with Crippen LogP contribution in [0.2, 0.25) is 0 Å². The highest BCUT2D eigenvalue weighted by atomic mass is 14.7. The standard InChI is InChI=1S/C8H10B2N2/c1-3-7-11-9(5-1)10-6-2-4-8-12-10/h1-2,5-8H,3-4H2. The van der Waals surface area contributed by atoms with E-state index < -0.39 is 0 Å². The number of nitrogens with zero attached hydrogens (tertiary/aromatic N) is 2. The third-order valence-corrected chi connectivity index (χ3v) is 2.05. The van der Waals surface area contributed by atoms with Crippen molar-refractivity contribution in [3.05, 3.63) is 24.1 Å². The quantitative estimate of drug-likeness (QED) is 0.509. The summed E-state index contributed by atoms with van der Waals surface area (Å²) in [4.78, 5) is 8.75. The van der Waals surface area contributed by atoms with Crippen molar-refractivity contribution < 1.29 is 0 Å². The van der Waals surface area contributed by atoms with Gasteiger partial charge in [0.1, 0.15) is 0 Å². The van der Waals surface area contributed by atoms with Crippen LogP contribution < -0.4 is 0 Å². The Morgan fingerprint density at radius 3 is 1.67 bits per heavy atom. The Hall–Kier alpha value is -1.05. The van der Waals surface area contributed by atoms with Gasteiger partial charge in [0.25, 0.3) is 0 Å². The van der Waals surface area contributed by atoms with Gasteiger partial charge in [-0.3, -0.25) is 0 Å². The number of hydrogen-bond donors (Lipinski definition) is 0. The van der Waals surface area contributed by atoms with Gasteiger partial charge in [0.2, 0.25) is 0 Å². The third kappa shape index (κ3) is 1.58. The predicted molar refractivity (Wildman–Crippen MR) is 56.0 cm³/mol. The molecule has 0 atom stereocenters. The molecular weight excluding hydrogens is 146 g/mol. The summed E-state index contributed by atoms with van der Waals surface area (Å²) in [7, 11) is 0. The van der Waals surface area contributed by atoms with Crippen LogP contribution in [0.4, 0.5) is 0 Å². The summed E-state index contributed by atoms with van der Waals surface area (Å²) < 4.78 is 0. The van der Waals surface area contributed by atoms with Gasteiger partial charge in [-0.25, -0.2) is 0 Å². The van der Waals surface area contributed by atoms with Crippen molar-refractivity contribution in [3.8, 4) is 0 Å². The highest BCUT2D eigenvalue weighted by Gasteiger charge is 2.25. The average Bonchev–Trinajstić information content (AvgIpc) is 2.21. The minimum absolute atomic E-state index is 0.242. The Kier molecular flexibility index (Phi) is 2.26. The van der Waals surface area contributed by atoms with E-state index in [9.17, 15) is 0 Å². The zero-order valence-electron chi connectivity index (χ0n) is 6.93. The number of rotatable bonds is 1. The second kappa shape index (κ2) is 3.57. The summed E-state index contributed by atoms with van der Waals surface area (Å²) in [6.45, 7) is 0.484. The van der Waals surface area contributed by atoms with Gasteiger partial charge < -0.3 is 9.81 Å². The normalized spacial score (nSPS) is 20.7. The van der Waals surface area contributed by atoms with E-state index in [1.165, 1.54) is 0 Å². The molecule has 0 aromatic heterocycles. The molecule has 2 rings (SSSR count). The molecule has 0 aliphatic carbocycles. The fraction of sp³-hybridized carbons (Fsp3) is 0.250. The predicted octanol–water partition coefficient (Wildman–Crippen LogP) is 1.19. The molecule has 0 N–H and O–H groups in total. The van der Waals surface area contributed by atoms with E-state index in [1.807, 2.05) is 12.4 Å². The van der Waals surface area contributed by atoms with E-state index in [0.29, 0.717) is 0 Å². The van der Waals surface area contributed by atoms with Crippen molar-refractivity contribution in [2.45, 2.75) is 12.8 Å². The molecule has 0 fully saturated rings. The van der Waals surface area contributed by atoms with Crippen LogP contribution in [0.3, 0.4) is 0 Å². The van der Waals surface area contributed by atoms with Gasteiger partial charge in [-0.2, -0.15) is 0 Å². The second-order valence-corrected chi connectivity index (χ2v) is 2.97. The number of allylic oxidation sites excluding steroid dienone is 2. The highest BCUT2D eigenvalue weighted by molar-refractivity contribution is 7.25. The number of hydrogen-bond acceptors (Lipinski definition) is 2. The van der Waals surface area contributed by atoms with E-state index in [4.69, 9.17) is 0 Å². The lowest BCUT2D eigenvalue weighted by molar-refractivity contribution is 1.48. The van der Waals surface area contributed by atoms with E-state index in [2.05, 4.69) is 33.9 Å². The van der Waals surface area contributed by atoms with Crippen molar-refractivity contribution in [3.63, 3.8) is 0 Å². The molecule has 0 saturated heterocycles. The Morgan fingerprint density at radius 2 is 1.33 bits per heavy atom. The van der Waals surface area contributed by atoms with Crippen LogP contribution in [0.15, 0.2) is 33.9 Å². The van der Waals surface area contributed by atoms with Crippen molar-refractivity contribution in [1.82, 2.24) is 0 Å². The lowest BCUT2D eigenvalue weighted by Crippen LogP contribution is -2.32. The molecule has 0 radical (unpaired) electrons. The minimum Gasteiger partial charge on any atom is -0.353 e. The second-order valence-electron chi connectivity index (χ2n) is 2.97. The first-order chi connectivity index (χ1) is 5.97. The smallest absolute Gasteiger partial charge is 0.303 e. The fourth-order valence-electron chi connectivity index (χ4n) is 1.43. The van der Waals surface area contributed by atoms with Crippen LogP contribution in [-0.2, 0) is 0 Å². The van der Waals surface area contributed by atoms with Crippen LogP contribution in [-0.4, -0.2) is 25.9 Å². The third-order valence-electron chi connectivity index (χ3n) is 2.05. The Morgan fingerprint density at radius 1 is 0.833 bits per heavy atom. The van der Waals surface area contributed by atoms with Gasteiger partial charge in [-0.1, -0.05) is 24.1 Å². The highest BCUT2D eigenvalue weighted by Crippen LogP contribution is 2.06. The van der Waals surface area contributed by atoms with E-state index in [0.717, 1.165) is 12.8 Å². The van der Waals surface area contributed by atoms with Crippen LogP contribution in [0.5, 0.6) is 0 Å².